The maximum Gasteiger partial charge on any atom is 0.306 e. The van der Waals surface area contributed by atoms with Crippen molar-refractivity contribution >= 4 is 17.9 Å². The zero-order chi connectivity index (χ0) is 50.0. The van der Waals surface area contributed by atoms with Crippen molar-refractivity contribution in [3.8, 4) is 0 Å². The second-order valence-corrected chi connectivity index (χ2v) is 21.3. The summed E-state index contributed by atoms with van der Waals surface area (Å²) in [7, 11) is 0. The van der Waals surface area contributed by atoms with Crippen molar-refractivity contribution in [2.24, 2.45) is 0 Å². The van der Waals surface area contributed by atoms with E-state index < -0.39 is 6.10 Å². The molecule has 0 heterocycles. The lowest BCUT2D eigenvalue weighted by molar-refractivity contribution is -0.167. The fourth-order valence-corrected chi connectivity index (χ4v) is 9.56. The molecule has 408 valence electrons. The van der Waals surface area contributed by atoms with Crippen LogP contribution in [0.5, 0.6) is 0 Å². The summed E-state index contributed by atoms with van der Waals surface area (Å²) in [5.74, 6) is -0.837. The molecule has 0 N–H and O–H groups in total. The predicted octanol–water partition coefficient (Wildman–Crippen LogP) is 20.9. The van der Waals surface area contributed by atoms with Crippen LogP contribution in [0.25, 0.3) is 0 Å². The van der Waals surface area contributed by atoms with Gasteiger partial charge in [0.2, 0.25) is 0 Å². The second kappa shape index (κ2) is 58.7. The summed E-state index contributed by atoms with van der Waals surface area (Å²) in [5.41, 5.74) is 0. The molecule has 0 fully saturated rings. The van der Waals surface area contributed by atoms with Gasteiger partial charge in [-0.05, 0) is 44.9 Å². The fraction of sp³-hybridized carbons (Fsp3) is 0.921. The molecule has 69 heavy (non-hydrogen) atoms. The monoisotopic (exact) mass is 973 g/mol. The second-order valence-electron chi connectivity index (χ2n) is 21.3. The summed E-state index contributed by atoms with van der Waals surface area (Å²) in [6.07, 6.45) is 67.9. The summed E-state index contributed by atoms with van der Waals surface area (Å²) in [5, 5.41) is 0. The molecule has 0 rings (SSSR count). The minimum Gasteiger partial charge on any atom is -0.462 e. The van der Waals surface area contributed by atoms with Gasteiger partial charge in [-0.25, -0.2) is 0 Å². The Hall–Kier alpha value is -1.85. The molecule has 1 atom stereocenters. The van der Waals surface area contributed by atoms with Crippen LogP contribution in [0.1, 0.15) is 355 Å². The molecule has 0 aliphatic carbocycles. The number of carbonyl (C=O) groups excluding carboxylic acids is 3. The van der Waals surface area contributed by atoms with Crippen LogP contribution in [0.15, 0.2) is 12.2 Å². The maximum absolute atomic E-state index is 12.8. The van der Waals surface area contributed by atoms with Crippen molar-refractivity contribution in [3.05, 3.63) is 12.2 Å². The lowest BCUT2D eigenvalue weighted by Gasteiger charge is -2.18. The molecule has 0 saturated heterocycles. The molecule has 6 nitrogen and oxygen atoms in total. The molecule has 0 bridgehead atoms. The Balaban J connectivity index is 4.20. The standard InChI is InChI=1S/C63H120O6/c1-4-7-10-13-16-19-22-24-26-28-30-31-33-35-37-39-42-44-47-50-53-56-62(65)68-59-60(69-63(66)57-54-51-48-45-40-21-18-15-12-9-6-3)58-67-61(64)55-52-49-46-43-41-38-36-34-32-29-27-25-23-20-17-14-11-8-5-2/h24,26,60H,4-23,25,27-59H2,1-3H3/b26-24-/t60-/m0/s1. The molecule has 0 aromatic carbocycles. The molecule has 0 aromatic heterocycles. The van der Waals surface area contributed by atoms with Crippen LogP contribution in [0.2, 0.25) is 0 Å². The Morgan fingerprint density at radius 1 is 0.275 bits per heavy atom. The van der Waals surface area contributed by atoms with Crippen molar-refractivity contribution in [1.29, 1.82) is 0 Å². The van der Waals surface area contributed by atoms with E-state index in [9.17, 15) is 14.4 Å². The van der Waals surface area contributed by atoms with E-state index in [1.165, 1.54) is 257 Å². The van der Waals surface area contributed by atoms with Gasteiger partial charge in [0.25, 0.3) is 0 Å². The van der Waals surface area contributed by atoms with Gasteiger partial charge in [-0.3, -0.25) is 14.4 Å². The van der Waals surface area contributed by atoms with Gasteiger partial charge in [-0.2, -0.15) is 0 Å². The lowest BCUT2D eigenvalue weighted by Crippen LogP contribution is -2.30. The van der Waals surface area contributed by atoms with Crippen LogP contribution in [0.3, 0.4) is 0 Å². The van der Waals surface area contributed by atoms with Gasteiger partial charge in [0.1, 0.15) is 13.2 Å². The summed E-state index contributed by atoms with van der Waals surface area (Å²) in [6, 6.07) is 0. The summed E-state index contributed by atoms with van der Waals surface area (Å²) >= 11 is 0. The zero-order valence-corrected chi connectivity index (χ0v) is 46.9. The van der Waals surface area contributed by atoms with Crippen LogP contribution >= 0.6 is 0 Å². The first-order chi connectivity index (χ1) is 34.0. The Morgan fingerprint density at radius 3 is 0.725 bits per heavy atom. The van der Waals surface area contributed by atoms with Gasteiger partial charge < -0.3 is 14.2 Å². The summed E-state index contributed by atoms with van der Waals surface area (Å²) < 4.78 is 16.9. The predicted molar refractivity (Wildman–Crippen MR) is 298 cm³/mol. The highest BCUT2D eigenvalue weighted by atomic mass is 16.6. The van der Waals surface area contributed by atoms with Gasteiger partial charge in [-0.1, -0.05) is 303 Å². The Morgan fingerprint density at radius 2 is 0.478 bits per heavy atom. The van der Waals surface area contributed by atoms with Crippen LogP contribution in [0, 0.1) is 0 Å². The molecule has 0 aromatic rings. The topological polar surface area (TPSA) is 78.9 Å². The molecule has 0 aliphatic rings. The SMILES string of the molecule is CCCCCCCC/C=C\CCCCCCCCCCCCCC(=O)OC[C@H](COC(=O)CCCCCCCCCCCCCCCCCCCCC)OC(=O)CCCCCCCCCCCCC. The highest BCUT2D eigenvalue weighted by molar-refractivity contribution is 5.71. The van der Waals surface area contributed by atoms with Gasteiger partial charge >= 0.3 is 17.9 Å². The molecular weight excluding hydrogens is 853 g/mol. The first kappa shape index (κ1) is 67.1. The smallest absolute Gasteiger partial charge is 0.306 e. The highest BCUT2D eigenvalue weighted by Crippen LogP contribution is 2.18. The van der Waals surface area contributed by atoms with Crippen LogP contribution in [-0.2, 0) is 28.6 Å². The van der Waals surface area contributed by atoms with Crippen LogP contribution in [-0.4, -0.2) is 37.2 Å². The minimum atomic E-state index is -0.764. The fourth-order valence-electron chi connectivity index (χ4n) is 9.56. The number of hydrogen-bond donors (Lipinski definition) is 0. The molecule has 0 amide bonds. The van der Waals surface area contributed by atoms with Crippen LogP contribution < -0.4 is 0 Å². The van der Waals surface area contributed by atoms with Gasteiger partial charge in [0.15, 0.2) is 6.10 Å². The third kappa shape index (κ3) is 56.9. The number of carbonyl (C=O) groups is 3. The van der Waals surface area contributed by atoms with Gasteiger partial charge in [-0.15, -0.1) is 0 Å². The van der Waals surface area contributed by atoms with Gasteiger partial charge in [0.05, 0.1) is 0 Å². The highest BCUT2D eigenvalue weighted by Gasteiger charge is 2.19. The lowest BCUT2D eigenvalue weighted by atomic mass is 10.0. The Kier molecular flexibility index (Phi) is 57.1. The van der Waals surface area contributed by atoms with E-state index in [1.54, 1.807) is 0 Å². The average molecular weight is 974 g/mol. The van der Waals surface area contributed by atoms with E-state index in [-0.39, 0.29) is 31.1 Å². The van der Waals surface area contributed by atoms with Crippen molar-refractivity contribution in [2.45, 2.75) is 361 Å². The van der Waals surface area contributed by atoms with Crippen molar-refractivity contribution in [2.75, 3.05) is 13.2 Å². The van der Waals surface area contributed by atoms with Gasteiger partial charge in [0, 0.05) is 19.3 Å². The van der Waals surface area contributed by atoms with Crippen LogP contribution in [0.4, 0.5) is 0 Å². The summed E-state index contributed by atoms with van der Waals surface area (Å²) in [6.45, 7) is 6.70. The first-order valence-electron chi connectivity index (χ1n) is 31.2. The van der Waals surface area contributed by atoms with E-state index in [1.807, 2.05) is 0 Å². The molecule has 0 radical (unpaired) electrons. The number of hydrogen-bond acceptors (Lipinski definition) is 6. The van der Waals surface area contributed by atoms with E-state index in [0.717, 1.165) is 57.8 Å². The number of allylic oxidation sites excluding steroid dienone is 2. The number of rotatable bonds is 58. The molecular formula is C63H120O6. The van der Waals surface area contributed by atoms with Crippen molar-refractivity contribution in [3.63, 3.8) is 0 Å². The van der Waals surface area contributed by atoms with Crippen molar-refractivity contribution < 1.29 is 28.6 Å². The molecule has 0 spiro atoms. The molecule has 0 unspecified atom stereocenters. The maximum atomic E-state index is 12.8. The van der Waals surface area contributed by atoms with E-state index in [4.69, 9.17) is 14.2 Å². The molecule has 0 saturated carbocycles. The zero-order valence-electron chi connectivity index (χ0n) is 46.9. The van der Waals surface area contributed by atoms with E-state index >= 15 is 0 Å². The van der Waals surface area contributed by atoms with E-state index in [2.05, 4.69) is 32.9 Å². The number of esters is 3. The molecule has 0 aliphatic heterocycles. The normalized spacial score (nSPS) is 12.0. The van der Waals surface area contributed by atoms with Crippen molar-refractivity contribution in [1.82, 2.24) is 0 Å². The Labute approximate surface area is 431 Å². The first-order valence-corrected chi connectivity index (χ1v) is 31.2. The Bertz CT molecular complexity index is 1070. The number of ether oxygens (including phenoxy) is 3. The third-order valence-electron chi connectivity index (χ3n) is 14.3. The molecule has 6 heteroatoms. The number of unbranched alkanes of at least 4 members (excludes halogenated alkanes) is 45. The average Bonchev–Trinajstić information content (AvgIpc) is 3.35. The summed E-state index contributed by atoms with van der Waals surface area (Å²) in [4.78, 5) is 38.2. The quantitative estimate of drug-likeness (QED) is 0.0261. The minimum absolute atomic E-state index is 0.0636. The largest absolute Gasteiger partial charge is 0.462 e. The third-order valence-corrected chi connectivity index (χ3v) is 14.3. The van der Waals surface area contributed by atoms with E-state index in [0.29, 0.717) is 19.3 Å².